The van der Waals surface area contributed by atoms with Gasteiger partial charge < -0.3 is 5.32 Å². The molecule has 3 rings (SSSR count). The average Bonchev–Trinajstić information content (AvgIpc) is 2.87. The SMILES string of the molecule is O=C(N[C@@]1(C(F)(F)F)NC(=O)N(c2ccc(F)cc2)C1=O)c1ccc(F)cc1. The summed E-state index contributed by atoms with van der Waals surface area (Å²) in [5.74, 6) is -4.66. The second kappa shape index (κ2) is 6.59. The molecule has 0 saturated carbocycles. The monoisotopic (exact) mass is 399 g/mol. The van der Waals surface area contributed by atoms with Crippen molar-refractivity contribution in [3.05, 3.63) is 65.7 Å². The lowest BCUT2D eigenvalue weighted by Gasteiger charge is -2.29. The van der Waals surface area contributed by atoms with Crippen molar-refractivity contribution in [2.75, 3.05) is 4.90 Å². The predicted molar refractivity (Wildman–Crippen MR) is 85.1 cm³/mol. The van der Waals surface area contributed by atoms with E-state index in [2.05, 4.69) is 0 Å². The van der Waals surface area contributed by atoms with Gasteiger partial charge in [0.1, 0.15) is 11.6 Å². The lowest BCUT2D eigenvalue weighted by atomic mass is 10.1. The molecule has 0 spiro atoms. The van der Waals surface area contributed by atoms with Crippen molar-refractivity contribution < 1.29 is 36.3 Å². The smallest absolute Gasteiger partial charge is 0.314 e. The van der Waals surface area contributed by atoms with E-state index in [0.29, 0.717) is 0 Å². The maximum Gasteiger partial charge on any atom is 0.440 e. The van der Waals surface area contributed by atoms with Crippen LogP contribution in [0.15, 0.2) is 48.5 Å². The maximum absolute atomic E-state index is 13.7. The maximum atomic E-state index is 13.7. The van der Waals surface area contributed by atoms with Crippen LogP contribution in [-0.2, 0) is 4.79 Å². The van der Waals surface area contributed by atoms with Crippen LogP contribution in [0.5, 0.6) is 0 Å². The molecule has 4 amide bonds. The number of nitrogens with zero attached hydrogens (tertiary/aromatic N) is 1. The third-order valence-electron chi connectivity index (χ3n) is 3.94. The van der Waals surface area contributed by atoms with Crippen molar-refractivity contribution in [3.8, 4) is 0 Å². The van der Waals surface area contributed by atoms with Crippen LogP contribution in [0.2, 0.25) is 0 Å². The molecule has 2 aromatic rings. The standard InChI is InChI=1S/C17H10F5N3O3/c18-10-3-1-9(2-4-10)13(26)23-16(17(20,21)22)14(27)25(15(28)24-16)12-7-5-11(19)6-8-12/h1-8H,(H,23,26)(H,24,28)/t16-/m1/s1. The number of urea groups is 1. The molecule has 1 aliphatic rings. The van der Waals surface area contributed by atoms with E-state index < -0.39 is 41.3 Å². The fourth-order valence-electron chi connectivity index (χ4n) is 2.55. The normalized spacial score (nSPS) is 19.5. The van der Waals surface area contributed by atoms with Gasteiger partial charge in [0.25, 0.3) is 17.5 Å². The third kappa shape index (κ3) is 3.15. The summed E-state index contributed by atoms with van der Waals surface area (Å²) in [6, 6.07) is 5.60. The molecular formula is C17H10F5N3O3. The Labute approximate surface area is 153 Å². The van der Waals surface area contributed by atoms with Crippen LogP contribution in [0.25, 0.3) is 0 Å². The van der Waals surface area contributed by atoms with Gasteiger partial charge in [-0.2, -0.15) is 13.2 Å². The van der Waals surface area contributed by atoms with Crippen molar-refractivity contribution >= 4 is 23.5 Å². The van der Waals surface area contributed by atoms with Gasteiger partial charge in [-0.3, -0.25) is 14.9 Å². The number of carbonyl (C=O) groups is 3. The highest BCUT2D eigenvalue weighted by atomic mass is 19.4. The number of anilines is 1. The van der Waals surface area contributed by atoms with Gasteiger partial charge in [-0.25, -0.2) is 18.5 Å². The number of alkyl halides is 3. The number of halogens is 5. The molecule has 0 radical (unpaired) electrons. The zero-order valence-electron chi connectivity index (χ0n) is 13.7. The third-order valence-corrected chi connectivity index (χ3v) is 3.94. The summed E-state index contributed by atoms with van der Waals surface area (Å²) >= 11 is 0. The van der Waals surface area contributed by atoms with E-state index in [1.807, 2.05) is 0 Å². The Kier molecular flexibility index (Phi) is 4.53. The number of rotatable bonds is 3. The van der Waals surface area contributed by atoms with Gasteiger partial charge in [-0.15, -0.1) is 0 Å². The van der Waals surface area contributed by atoms with Crippen LogP contribution in [-0.4, -0.2) is 29.7 Å². The molecule has 28 heavy (non-hydrogen) atoms. The molecule has 1 saturated heterocycles. The molecule has 146 valence electrons. The fraction of sp³-hybridized carbons (Fsp3) is 0.118. The van der Waals surface area contributed by atoms with Crippen LogP contribution in [0.3, 0.4) is 0 Å². The summed E-state index contributed by atoms with van der Waals surface area (Å²) in [5, 5.41) is 2.92. The van der Waals surface area contributed by atoms with Crippen LogP contribution in [0.1, 0.15) is 10.4 Å². The first-order chi connectivity index (χ1) is 13.0. The summed E-state index contributed by atoms with van der Waals surface area (Å²) in [6.45, 7) is 0. The van der Waals surface area contributed by atoms with E-state index in [1.54, 1.807) is 0 Å². The lowest BCUT2D eigenvalue weighted by Crippen LogP contribution is -2.69. The van der Waals surface area contributed by atoms with Crippen molar-refractivity contribution in [1.82, 2.24) is 10.6 Å². The zero-order chi connectivity index (χ0) is 20.7. The highest BCUT2D eigenvalue weighted by Crippen LogP contribution is 2.36. The van der Waals surface area contributed by atoms with E-state index in [9.17, 15) is 36.3 Å². The summed E-state index contributed by atoms with van der Waals surface area (Å²) < 4.78 is 67.2. The predicted octanol–water partition coefficient (Wildman–Crippen LogP) is 2.71. The van der Waals surface area contributed by atoms with Gasteiger partial charge in [-0.05, 0) is 48.5 Å². The van der Waals surface area contributed by atoms with Crippen molar-refractivity contribution in [2.24, 2.45) is 0 Å². The van der Waals surface area contributed by atoms with Crippen molar-refractivity contribution in [2.45, 2.75) is 11.8 Å². The summed E-state index contributed by atoms with van der Waals surface area (Å²) in [6.07, 6.45) is -5.41. The van der Waals surface area contributed by atoms with E-state index in [1.165, 1.54) is 10.6 Å². The molecular weight excluding hydrogens is 389 g/mol. The Balaban J connectivity index is 1.99. The molecule has 1 atom stereocenters. The van der Waals surface area contributed by atoms with Gasteiger partial charge in [0.2, 0.25) is 0 Å². The van der Waals surface area contributed by atoms with E-state index in [0.717, 1.165) is 48.5 Å². The van der Waals surface area contributed by atoms with Crippen LogP contribution in [0, 0.1) is 11.6 Å². The molecule has 0 bridgehead atoms. The van der Waals surface area contributed by atoms with Crippen molar-refractivity contribution in [3.63, 3.8) is 0 Å². The van der Waals surface area contributed by atoms with Crippen LogP contribution >= 0.6 is 0 Å². The molecule has 11 heteroatoms. The molecule has 2 aromatic carbocycles. The Morgan fingerprint density at radius 2 is 1.43 bits per heavy atom. The lowest BCUT2D eigenvalue weighted by molar-refractivity contribution is -0.197. The minimum Gasteiger partial charge on any atom is -0.314 e. The number of hydrogen-bond acceptors (Lipinski definition) is 3. The summed E-state index contributed by atoms with van der Waals surface area (Å²) in [5.41, 5.74) is -4.44. The second-order valence-corrected chi connectivity index (χ2v) is 5.76. The first kappa shape index (κ1) is 19.3. The molecule has 0 aliphatic carbocycles. The first-order valence-corrected chi connectivity index (χ1v) is 7.62. The highest BCUT2D eigenvalue weighted by Gasteiger charge is 2.69. The van der Waals surface area contributed by atoms with Gasteiger partial charge in [0.05, 0.1) is 5.69 Å². The van der Waals surface area contributed by atoms with Crippen LogP contribution < -0.4 is 15.5 Å². The fourth-order valence-corrected chi connectivity index (χ4v) is 2.55. The molecule has 0 unspecified atom stereocenters. The zero-order valence-corrected chi connectivity index (χ0v) is 13.7. The largest absolute Gasteiger partial charge is 0.440 e. The Morgan fingerprint density at radius 1 is 0.929 bits per heavy atom. The van der Waals surface area contributed by atoms with Crippen LogP contribution in [0.4, 0.5) is 32.4 Å². The first-order valence-electron chi connectivity index (χ1n) is 7.62. The topological polar surface area (TPSA) is 78.5 Å². The number of carbonyl (C=O) groups excluding carboxylic acids is 3. The second-order valence-electron chi connectivity index (χ2n) is 5.76. The molecule has 1 fully saturated rings. The number of benzene rings is 2. The van der Waals surface area contributed by atoms with Gasteiger partial charge in [-0.1, -0.05) is 0 Å². The minimum atomic E-state index is -5.41. The summed E-state index contributed by atoms with van der Waals surface area (Å²) in [7, 11) is 0. The number of hydrogen-bond donors (Lipinski definition) is 2. The number of nitrogens with one attached hydrogen (secondary N) is 2. The minimum absolute atomic E-state index is 0.137. The van der Waals surface area contributed by atoms with E-state index >= 15 is 0 Å². The van der Waals surface area contributed by atoms with E-state index in [-0.39, 0.29) is 16.2 Å². The Morgan fingerprint density at radius 3 is 1.93 bits per heavy atom. The summed E-state index contributed by atoms with van der Waals surface area (Å²) in [4.78, 5) is 37.0. The molecule has 1 heterocycles. The highest BCUT2D eigenvalue weighted by molar-refractivity contribution is 6.24. The Hall–Kier alpha value is -3.50. The Bertz CT molecular complexity index is 944. The van der Waals surface area contributed by atoms with E-state index in [4.69, 9.17) is 0 Å². The quantitative estimate of drug-likeness (QED) is 0.616. The van der Waals surface area contributed by atoms with Crippen molar-refractivity contribution in [1.29, 1.82) is 0 Å². The molecule has 0 aromatic heterocycles. The van der Waals surface area contributed by atoms with Gasteiger partial charge >= 0.3 is 12.2 Å². The molecule has 1 aliphatic heterocycles. The number of imide groups is 1. The van der Waals surface area contributed by atoms with Gasteiger partial charge in [0, 0.05) is 5.56 Å². The molecule has 2 N–H and O–H groups in total. The number of amides is 4. The molecule has 6 nitrogen and oxygen atoms in total. The van der Waals surface area contributed by atoms with Gasteiger partial charge in [0.15, 0.2) is 0 Å². The average molecular weight is 399 g/mol.